The molecule has 128 valence electrons. The van der Waals surface area contributed by atoms with Crippen LogP contribution in [0.3, 0.4) is 0 Å². The molecule has 0 aromatic heterocycles. The summed E-state index contributed by atoms with van der Waals surface area (Å²) >= 11 is 14.1. The molecule has 1 atom stereocenters. The van der Waals surface area contributed by atoms with E-state index in [-0.39, 0.29) is 6.04 Å². The zero-order valence-corrected chi connectivity index (χ0v) is 15.3. The summed E-state index contributed by atoms with van der Waals surface area (Å²) in [6.45, 7) is 1.71. The van der Waals surface area contributed by atoms with Gasteiger partial charge in [0.05, 0.1) is 0 Å². The second kappa shape index (κ2) is 7.72. The van der Waals surface area contributed by atoms with Crippen LogP contribution in [0.25, 0.3) is 0 Å². The minimum atomic E-state index is -0.856. The van der Waals surface area contributed by atoms with E-state index < -0.39 is 6.09 Å². The van der Waals surface area contributed by atoms with Gasteiger partial charge in [0.25, 0.3) is 0 Å². The molecule has 2 heterocycles. The van der Waals surface area contributed by atoms with E-state index >= 15 is 0 Å². The number of thioether (sulfide) groups is 1. The molecule has 4 nitrogen and oxygen atoms in total. The molecule has 1 fully saturated rings. The molecular weight excluding hydrogens is 367 g/mol. The first-order chi connectivity index (χ1) is 11.5. The molecule has 2 aliphatic rings. The van der Waals surface area contributed by atoms with Crippen molar-refractivity contribution < 1.29 is 9.90 Å². The molecule has 0 saturated carbocycles. The lowest BCUT2D eigenvalue weighted by Crippen LogP contribution is -2.37. The lowest BCUT2D eigenvalue weighted by Gasteiger charge is -2.33. The minimum absolute atomic E-state index is 0.145. The van der Waals surface area contributed by atoms with Gasteiger partial charge < -0.3 is 14.9 Å². The maximum atomic E-state index is 11.2. The summed E-state index contributed by atoms with van der Waals surface area (Å²) in [4.78, 5) is 15.0. The van der Waals surface area contributed by atoms with Crippen molar-refractivity contribution in [3.05, 3.63) is 57.1 Å². The summed E-state index contributed by atoms with van der Waals surface area (Å²) in [5.41, 5.74) is 2.11. The smallest absolute Gasteiger partial charge is 0.407 e. The van der Waals surface area contributed by atoms with Gasteiger partial charge in [-0.25, -0.2) is 4.79 Å². The molecule has 1 N–H and O–H groups in total. The number of benzene rings is 1. The van der Waals surface area contributed by atoms with E-state index in [1.807, 2.05) is 12.1 Å². The highest BCUT2D eigenvalue weighted by Gasteiger charge is 2.31. The van der Waals surface area contributed by atoms with Crippen molar-refractivity contribution in [3.8, 4) is 0 Å². The van der Waals surface area contributed by atoms with E-state index in [1.54, 1.807) is 17.8 Å². The topological polar surface area (TPSA) is 43.8 Å². The number of halogens is 2. The highest BCUT2D eigenvalue weighted by atomic mass is 35.5. The number of rotatable bonds is 4. The largest absolute Gasteiger partial charge is 0.465 e. The summed E-state index contributed by atoms with van der Waals surface area (Å²) in [5.74, 6) is 0.923. The Labute approximate surface area is 155 Å². The molecule has 3 rings (SSSR count). The van der Waals surface area contributed by atoms with Crippen molar-refractivity contribution in [1.82, 2.24) is 9.80 Å². The van der Waals surface area contributed by atoms with Gasteiger partial charge in [0, 0.05) is 47.2 Å². The zero-order chi connectivity index (χ0) is 17.1. The van der Waals surface area contributed by atoms with E-state index in [0.29, 0.717) is 29.7 Å². The number of amides is 1. The average molecular weight is 385 g/mol. The Morgan fingerprint density at radius 2 is 2.25 bits per heavy atom. The highest BCUT2D eigenvalue weighted by Crippen LogP contribution is 2.29. The van der Waals surface area contributed by atoms with E-state index in [2.05, 4.69) is 22.5 Å². The molecular formula is C17H18Cl2N2O2S. The molecule has 7 heteroatoms. The molecule has 2 aliphatic heterocycles. The number of carboxylic acid groups (broad SMARTS) is 1. The van der Waals surface area contributed by atoms with E-state index in [4.69, 9.17) is 23.2 Å². The van der Waals surface area contributed by atoms with Crippen LogP contribution < -0.4 is 0 Å². The van der Waals surface area contributed by atoms with Gasteiger partial charge in [-0.3, -0.25) is 0 Å². The third-order valence-corrected chi connectivity index (χ3v) is 5.56. The van der Waals surface area contributed by atoms with Gasteiger partial charge in [-0.15, -0.1) is 11.8 Å². The predicted molar refractivity (Wildman–Crippen MR) is 99.7 cm³/mol. The number of allylic oxidation sites excluding steroid dienone is 1. The fourth-order valence-electron chi connectivity index (χ4n) is 3.02. The van der Waals surface area contributed by atoms with E-state index in [9.17, 15) is 9.90 Å². The van der Waals surface area contributed by atoms with Gasteiger partial charge in [-0.2, -0.15) is 0 Å². The quantitative estimate of drug-likeness (QED) is 0.817. The molecule has 0 aliphatic carbocycles. The minimum Gasteiger partial charge on any atom is -0.465 e. The second-order valence-electron chi connectivity index (χ2n) is 5.80. The predicted octanol–water partition coefficient (Wildman–Crippen LogP) is 4.69. The molecule has 1 aromatic carbocycles. The Hall–Kier alpha value is -1.30. The second-order valence-corrected chi connectivity index (χ2v) is 7.58. The number of nitrogens with zero attached hydrogens (tertiary/aromatic N) is 2. The fourth-order valence-corrected chi connectivity index (χ4v) is 4.10. The molecule has 0 spiro atoms. The summed E-state index contributed by atoms with van der Waals surface area (Å²) in [6.07, 6.45) is 4.22. The van der Waals surface area contributed by atoms with Gasteiger partial charge in [-0.1, -0.05) is 35.3 Å². The number of likely N-dealkylation sites (tertiary alicyclic amines) is 1. The Bertz CT molecular complexity index is 693. The molecule has 1 saturated heterocycles. The Morgan fingerprint density at radius 3 is 2.88 bits per heavy atom. The van der Waals surface area contributed by atoms with Crippen LogP contribution in [0, 0.1) is 0 Å². The van der Waals surface area contributed by atoms with Crippen LogP contribution in [0.2, 0.25) is 10.0 Å². The SMILES string of the molecule is O=C(O)N1CC[C@H](N(Cc2ccc(Cl)cc2Cl)C2=CCSC=C2)C1. The van der Waals surface area contributed by atoms with Crippen molar-refractivity contribution in [1.29, 1.82) is 0 Å². The average Bonchev–Trinajstić information content (AvgIpc) is 3.05. The number of carbonyl (C=O) groups is 1. The molecule has 1 aromatic rings. The van der Waals surface area contributed by atoms with Crippen molar-refractivity contribution in [2.45, 2.75) is 19.0 Å². The standard InChI is InChI=1S/C17H18Cl2N2O2S/c18-13-2-1-12(16(19)9-13)10-21(14-4-7-24-8-5-14)15-3-6-20(11-15)17(22)23/h1-2,4-5,7,9,15H,3,6,8,10-11H2,(H,22,23)/t15-/m0/s1. The summed E-state index contributed by atoms with van der Waals surface area (Å²) < 4.78 is 0. The summed E-state index contributed by atoms with van der Waals surface area (Å²) in [5, 5.41) is 12.6. The van der Waals surface area contributed by atoms with Crippen LogP contribution in [-0.2, 0) is 6.54 Å². The van der Waals surface area contributed by atoms with Crippen molar-refractivity contribution in [2.75, 3.05) is 18.8 Å². The maximum Gasteiger partial charge on any atom is 0.407 e. The summed E-state index contributed by atoms with van der Waals surface area (Å²) in [7, 11) is 0. The van der Waals surface area contributed by atoms with Gasteiger partial charge in [0.1, 0.15) is 0 Å². The molecule has 24 heavy (non-hydrogen) atoms. The summed E-state index contributed by atoms with van der Waals surface area (Å²) in [6, 6.07) is 5.66. The van der Waals surface area contributed by atoms with Crippen molar-refractivity contribution in [2.24, 2.45) is 0 Å². The first-order valence-electron chi connectivity index (χ1n) is 7.71. The van der Waals surface area contributed by atoms with Gasteiger partial charge in [-0.05, 0) is 35.6 Å². The van der Waals surface area contributed by atoms with Crippen LogP contribution in [-0.4, -0.2) is 45.9 Å². The molecule has 0 bridgehead atoms. The Morgan fingerprint density at radius 1 is 1.42 bits per heavy atom. The Kier molecular flexibility index (Phi) is 5.64. The van der Waals surface area contributed by atoms with Crippen LogP contribution in [0.1, 0.15) is 12.0 Å². The lowest BCUT2D eigenvalue weighted by atomic mass is 10.1. The monoisotopic (exact) mass is 384 g/mol. The molecule has 0 unspecified atom stereocenters. The Balaban J connectivity index is 1.84. The number of hydrogen-bond acceptors (Lipinski definition) is 3. The van der Waals surface area contributed by atoms with E-state index in [0.717, 1.165) is 23.4 Å². The van der Waals surface area contributed by atoms with Crippen molar-refractivity contribution >= 4 is 41.1 Å². The van der Waals surface area contributed by atoms with E-state index in [1.165, 1.54) is 4.90 Å². The lowest BCUT2D eigenvalue weighted by molar-refractivity contribution is 0.150. The van der Waals surface area contributed by atoms with Crippen LogP contribution >= 0.6 is 35.0 Å². The molecule has 1 amide bonds. The zero-order valence-electron chi connectivity index (χ0n) is 13.0. The van der Waals surface area contributed by atoms with Gasteiger partial charge in [0.15, 0.2) is 0 Å². The first-order valence-corrected chi connectivity index (χ1v) is 9.52. The normalized spacial score (nSPS) is 20.2. The van der Waals surface area contributed by atoms with Crippen LogP contribution in [0.15, 0.2) is 41.5 Å². The van der Waals surface area contributed by atoms with Gasteiger partial charge >= 0.3 is 6.09 Å². The molecule has 0 radical (unpaired) electrons. The third kappa shape index (κ3) is 4.02. The third-order valence-electron chi connectivity index (χ3n) is 4.29. The fraction of sp³-hybridized carbons (Fsp3) is 0.353. The van der Waals surface area contributed by atoms with Crippen LogP contribution in [0.4, 0.5) is 4.79 Å². The van der Waals surface area contributed by atoms with Crippen molar-refractivity contribution in [3.63, 3.8) is 0 Å². The first kappa shape index (κ1) is 17.5. The highest BCUT2D eigenvalue weighted by molar-refractivity contribution is 8.02. The van der Waals surface area contributed by atoms with Gasteiger partial charge in [0.2, 0.25) is 0 Å². The maximum absolute atomic E-state index is 11.2. The number of hydrogen-bond donors (Lipinski definition) is 1. The van der Waals surface area contributed by atoms with Crippen LogP contribution in [0.5, 0.6) is 0 Å².